The molecule has 2 N–H and O–H groups in total. The van der Waals surface area contributed by atoms with Crippen LogP contribution in [0.15, 0.2) is 14.3 Å². The number of nitrogens with one attached hydrogen (secondary N) is 2. The molecule has 0 saturated heterocycles. The molecule has 3 amide bonds. The summed E-state index contributed by atoms with van der Waals surface area (Å²) in [5.74, 6) is -1.32. The second-order valence-corrected chi connectivity index (χ2v) is 8.70. The van der Waals surface area contributed by atoms with Gasteiger partial charge in [0.2, 0.25) is 0 Å². The Morgan fingerprint density at radius 2 is 1.86 bits per heavy atom. The van der Waals surface area contributed by atoms with Gasteiger partial charge in [0.1, 0.15) is 4.88 Å². The first-order valence-electron chi connectivity index (χ1n) is 6.28. The Morgan fingerprint density at radius 1 is 1.27 bits per heavy atom. The van der Waals surface area contributed by atoms with Gasteiger partial charge in [-0.15, -0.1) is 11.3 Å². The maximum Gasteiger partial charge on any atom is 0.349 e. The zero-order valence-electron chi connectivity index (χ0n) is 12.5. The van der Waals surface area contributed by atoms with Crippen molar-refractivity contribution in [3.05, 3.63) is 19.2 Å². The van der Waals surface area contributed by atoms with E-state index < -0.39 is 29.6 Å². The van der Waals surface area contributed by atoms with Crippen LogP contribution in [0.2, 0.25) is 0 Å². The molecule has 0 bridgehead atoms. The lowest BCUT2D eigenvalue weighted by Gasteiger charge is -2.21. The average molecular weight is 456 g/mol. The van der Waals surface area contributed by atoms with E-state index in [4.69, 9.17) is 4.74 Å². The first-order chi connectivity index (χ1) is 9.99. The third-order valence-corrected chi connectivity index (χ3v) is 5.46. The number of carbonyl (C=O) groups excluding carboxylic acids is 3. The number of esters is 1. The van der Waals surface area contributed by atoms with Crippen molar-refractivity contribution < 1.29 is 19.1 Å². The fourth-order valence-electron chi connectivity index (χ4n) is 1.30. The highest BCUT2D eigenvalue weighted by atomic mass is 79.9. The van der Waals surface area contributed by atoms with E-state index >= 15 is 0 Å². The van der Waals surface area contributed by atoms with Crippen LogP contribution in [0.3, 0.4) is 0 Å². The van der Waals surface area contributed by atoms with E-state index in [-0.39, 0.29) is 0 Å². The smallest absolute Gasteiger partial charge is 0.349 e. The molecule has 0 aliphatic carbocycles. The van der Waals surface area contributed by atoms with Gasteiger partial charge in [0.25, 0.3) is 5.91 Å². The van der Waals surface area contributed by atoms with Crippen LogP contribution >= 0.6 is 43.2 Å². The van der Waals surface area contributed by atoms with Crippen LogP contribution in [-0.2, 0) is 9.53 Å². The molecular formula is C13H16Br2N2O4S. The maximum absolute atomic E-state index is 11.9. The average Bonchev–Trinajstić information content (AvgIpc) is 2.67. The summed E-state index contributed by atoms with van der Waals surface area (Å²) in [6.45, 7) is 6.75. The lowest BCUT2D eigenvalue weighted by atomic mass is 10.1. The number of hydrogen-bond donors (Lipinski definition) is 2. The lowest BCUT2D eigenvalue weighted by molar-refractivity contribution is -0.127. The molecule has 0 aliphatic heterocycles. The first kappa shape index (κ1) is 19.1. The molecule has 1 rings (SSSR count). The number of ether oxygens (including phenoxy) is 1. The Balaban J connectivity index is 2.57. The predicted molar refractivity (Wildman–Crippen MR) is 91.0 cm³/mol. The fourth-order valence-corrected chi connectivity index (χ4v) is 3.22. The molecule has 0 radical (unpaired) electrons. The summed E-state index contributed by atoms with van der Waals surface area (Å²) < 4.78 is 6.51. The van der Waals surface area contributed by atoms with Crippen molar-refractivity contribution in [1.29, 1.82) is 0 Å². The summed E-state index contributed by atoms with van der Waals surface area (Å²) in [4.78, 5) is 35.6. The van der Waals surface area contributed by atoms with Gasteiger partial charge in [0.15, 0.2) is 6.10 Å². The van der Waals surface area contributed by atoms with Gasteiger partial charge in [-0.05, 0) is 65.6 Å². The largest absolute Gasteiger partial charge is 0.448 e. The third-order valence-electron chi connectivity index (χ3n) is 2.22. The minimum atomic E-state index is -1.09. The normalized spacial score (nSPS) is 12.5. The first-order valence-corrected chi connectivity index (χ1v) is 8.68. The van der Waals surface area contributed by atoms with Crippen LogP contribution in [0, 0.1) is 0 Å². The Bertz CT molecular complexity index is 576. The zero-order valence-corrected chi connectivity index (χ0v) is 16.4. The molecule has 0 saturated carbocycles. The minimum absolute atomic E-state index is 0.345. The van der Waals surface area contributed by atoms with Crippen molar-refractivity contribution in [3.63, 3.8) is 0 Å². The van der Waals surface area contributed by atoms with E-state index in [9.17, 15) is 14.4 Å². The van der Waals surface area contributed by atoms with Crippen molar-refractivity contribution in [2.75, 3.05) is 0 Å². The van der Waals surface area contributed by atoms with Gasteiger partial charge in [-0.3, -0.25) is 10.1 Å². The summed E-state index contributed by atoms with van der Waals surface area (Å²) in [5.41, 5.74) is -0.472. The van der Waals surface area contributed by atoms with Crippen LogP contribution in [-0.4, -0.2) is 29.6 Å². The monoisotopic (exact) mass is 454 g/mol. The highest BCUT2D eigenvalue weighted by Crippen LogP contribution is 2.32. The summed E-state index contributed by atoms with van der Waals surface area (Å²) in [7, 11) is 0. The Hall–Kier alpha value is -0.930. The van der Waals surface area contributed by atoms with E-state index in [1.807, 2.05) is 0 Å². The van der Waals surface area contributed by atoms with Gasteiger partial charge in [-0.25, -0.2) is 9.59 Å². The summed E-state index contributed by atoms with van der Waals surface area (Å²) in [6, 6.07) is 0.954. The van der Waals surface area contributed by atoms with Gasteiger partial charge < -0.3 is 10.1 Å². The number of carbonyl (C=O) groups is 3. The van der Waals surface area contributed by atoms with Gasteiger partial charge in [0.05, 0.1) is 3.79 Å². The SMILES string of the molecule is CC(OC(=O)c1cc(Br)c(Br)s1)C(=O)NC(=O)NC(C)(C)C. The number of halogens is 2. The molecule has 1 aromatic rings. The number of amides is 3. The Kier molecular flexibility index (Phi) is 6.57. The molecule has 0 aliphatic rings. The minimum Gasteiger partial charge on any atom is -0.448 e. The molecule has 9 heteroatoms. The highest BCUT2D eigenvalue weighted by Gasteiger charge is 2.23. The van der Waals surface area contributed by atoms with E-state index in [1.54, 1.807) is 26.8 Å². The van der Waals surface area contributed by atoms with Crippen LogP contribution in [0.25, 0.3) is 0 Å². The van der Waals surface area contributed by atoms with Crippen molar-refractivity contribution in [2.45, 2.75) is 39.3 Å². The highest BCUT2D eigenvalue weighted by molar-refractivity contribution is 9.13. The van der Waals surface area contributed by atoms with Crippen LogP contribution in [0.1, 0.15) is 37.4 Å². The summed E-state index contributed by atoms with van der Waals surface area (Å²) >= 11 is 7.72. The summed E-state index contributed by atoms with van der Waals surface area (Å²) in [5, 5.41) is 4.71. The lowest BCUT2D eigenvalue weighted by Crippen LogP contribution is -2.50. The zero-order chi connectivity index (χ0) is 17.1. The quantitative estimate of drug-likeness (QED) is 0.683. The number of urea groups is 1. The summed E-state index contributed by atoms with van der Waals surface area (Å²) in [6.07, 6.45) is -1.09. The molecule has 0 spiro atoms. The van der Waals surface area contributed by atoms with Gasteiger partial charge in [-0.2, -0.15) is 0 Å². The van der Waals surface area contributed by atoms with Crippen LogP contribution in [0.4, 0.5) is 4.79 Å². The van der Waals surface area contributed by atoms with E-state index in [0.717, 1.165) is 8.26 Å². The van der Waals surface area contributed by atoms with Crippen molar-refractivity contribution in [1.82, 2.24) is 10.6 Å². The van der Waals surface area contributed by atoms with Crippen molar-refractivity contribution in [3.8, 4) is 0 Å². The second kappa shape index (κ2) is 7.56. The predicted octanol–water partition coefficient (Wildman–Crippen LogP) is 3.44. The molecule has 6 nitrogen and oxygen atoms in total. The molecule has 0 fully saturated rings. The van der Waals surface area contributed by atoms with Gasteiger partial charge in [0, 0.05) is 10.0 Å². The fraction of sp³-hybridized carbons (Fsp3) is 0.462. The Morgan fingerprint density at radius 3 is 2.32 bits per heavy atom. The number of hydrogen-bond acceptors (Lipinski definition) is 5. The van der Waals surface area contributed by atoms with E-state index in [0.29, 0.717) is 4.88 Å². The molecule has 1 atom stereocenters. The molecule has 122 valence electrons. The van der Waals surface area contributed by atoms with Gasteiger partial charge >= 0.3 is 12.0 Å². The Labute approximate surface area is 149 Å². The van der Waals surface area contributed by atoms with Gasteiger partial charge in [-0.1, -0.05) is 0 Å². The van der Waals surface area contributed by atoms with Crippen molar-refractivity contribution >= 4 is 61.1 Å². The number of rotatable bonds is 3. The van der Waals surface area contributed by atoms with E-state index in [1.165, 1.54) is 18.3 Å². The maximum atomic E-state index is 11.9. The molecule has 0 aromatic carbocycles. The second-order valence-electron chi connectivity index (χ2n) is 5.47. The van der Waals surface area contributed by atoms with Crippen LogP contribution < -0.4 is 10.6 Å². The topological polar surface area (TPSA) is 84.5 Å². The van der Waals surface area contributed by atoms with Crippen LogP contribution in [0.5, 0.6) is 0 Å². The molecular weight excluding hydrogens is 440 g/mol. The number of imide groups is 1. The molecule has 1 heterocycles. The molecule has 1 aromatic heterocycles. The molecule has 1 unspecified atom stereocenters. The van der Waals surface area contributed by atoms with Crippen molar-refractivity contribution in [2.24, 2.45) is 0 Å². The number of thiophene rings is 1. The molecule has 22 heavy (non-hydrogen) atoms. The third kappa shape index (κ3) is 6.05. The standard InChI is InChI=1S/C13H16Br2N2O4S/c1-6(10(18)16-12(20)17-13(2,3)4)21-11(19)8-5-7(14)9(15)22-8/h5-6H,1-4H3,(H2,16,17,18,20). The van der Waals surface area contributed by atoms with E-state index in [2.05, 4.69) is 42.5 Å².